The Kier molecular flexibility index (Phi) is 3.36. The molecule has 6 heteroatoms. The Bertz CT molecular complexity index is 455. The Morgan fingerprint density at radius 3 is 2.50 bits per heavy atom. The quantitative estimate of drug-likeness (QED) is 0.901. The molecule has 1 aromatic carbocycles. The van der Waals surface area contributed by atoms with Crippen molar-refractivity contribution in [3.05, 3.63) is 28.2 Å². The Morgan fingerprint density at radius 2 is 2.00 bits per heavy atom. The summed E-state index contributed by atoms with van der Waals surface area (Å²) in [5.74, 6) is 0. The molecule has 1 aliphatic heterocycles. The summed E-state index contributed by atoms with van der Waals surface area (Å²) in [4.78, 5) is 1.55. The van der Waals surface area contributed by atoms with Crippen molar-refractivity contribution in [1.82, 2.24) is 0 Å². The Labute approximate surface area is 112 Å². The highest BCUT2D eigenvalue weighted by Gasteiger charge is 2.43. The summed E-state index contributed by atoms with van der Waals surface area (Å²) >= 11 is 3.05. The molecular formula is C12H13BrF3NO. The van der Waals surface area contributed by atoms with Crippen molar-refractivity contribution in [3.63, 3.8) is 0 Å². The molecule has 0 unspecified atom stereocenters. The fraction of sp³-hybridized carbons (Fsp3) is 0.500. The van der Waals surface area contributed by atoms with E-state index in [2.05, 4.69) is 15.9 Å². The number of nitrogens with zero attached hydrogens (tertiary/aromatic N) is 1. The van der Waals surface area contributed by atoms with Crippen LogP contribution in [-0.2, 0) is 6.18 Å². The lowest BCUT2D eigenvalue weighted by Crippen LogP contribution is -2.62. The molecule has 0 aromatic heterocycles. The third-order valence-electron chi connectivity index (χ3n) is 3.23. The van der Waals surface area contributed by atoms with Gasteiger partial charge < -0.3 is 10.0 Å². The van der Waals surface area contributed by atoms with Crippen LogP contribution in [0, 0.1) is 0 Å². The fourth-order valence-corrected chi connectivity index (χ4v) is 2.43. The lowest BCUT2D eigenvalue weighted by Gasteiger charge is -2.48. The molecule has 0 aliphatic carbocycles. The SMILES string of the molecule is CCC1(O)CN(c2ccc(Br)cc2C(F)(F)F)C1. The first kappa shape index (κ1) is 13.7. The van der Waals surface area contributed by atoms with E-state index in [4.69, 9.17) is 0 Å². The van der Waals surface area contributed by atoms with E-state index in [9.17, 15) is 18.3 Å². The predicted molar refractivity (Wildman–Crippen MR) is 66.6 cm³/mol. The predicted octanol–water partition coefficient (Wildman–Crippen LogP) is 3.43. The van der Waals surface area contributed by atoms with E-state index in [1.807, 2.05) is 6.92 Å². The number of rotatable bonds is 2. The number of aliphatic hydroxyl groups is 1. The Balaban J connectivity index is 2.30. The highest BCUT2D eigenvalue weighted by atomic mass is 79.9. The number of benzene rings is 1. The van der Waals surface area contributed by atoms with Crippen LogP contribution in [0.1, 0.15) is 18.9 Å². The smallest absolute Gasteiger partial charge is 0.386 e. The van der Waals surface area contributed by atoms with Crippen LogP contribution in [0.25, 0.3) is 0 Å². The number of halogens is 4. The minimum Gasteiger partial charge on any atom is -0.386 e. The van der Waals surface area contributed by atoms with Crippen LogP contribution in [0.5, 0.6) is 0 Å². The van der Waals surface area contributed by atoms with Gasteiger partial charge in [-0.2, -0.15) is 13.2 Å². The fourth-order valence-electron chi connectivity index (χ4n) is 2.07. The van der Waals surface area contributed by atoms with Gasteiger partial charge in [0.25, 0.3) is 0 Å². The lowest BCUT2D eigenvalue weighted by atomic mass is 9.90. The number of hydrogen-bond acceptors (Lipinski definition) is 2. The van der Waals surface area contributed by atoms with E-state index >= 15 is 0 Å². The average Bonchev–Trinajstić information content (AvgIpc) is 2.24. The number of β-amino-alcohol motifs (C(OH)–C–C–N with tert-alkyl or cyclic N) is 1. The maximum atomic E-state index is 12.9. The van der Waals surface area contributed by atoms with Crippen molar-refractivity contribution >= 4 is 21.6 Å². The second-order valence-electron chi connectivity index (χ2n) is 4.59. The van der Waals surface area contributed by atoms with E-state index in [-0.39, 0.29) is 18.8 Å². The normalized spacial score (nSPS) is 18.7. The minimum absolute atomic E-state index is 0.129. The largest absolute Gasteiger partial charge is 0.418 e. The van der Waals surface area contributed by atoms with Crippen molar-refractivity contribution in [2.24, 2.45) is 0 Å². The molecule has 1 aliphatic rings. The van der Waals surface area contributed by atoms with Crippen LogP contribution in [0.2, 0.25) is 0 Å². The molecule has 18 heavy (non-hydrogen) atoms. The first-order valence-electron chi connectivity index (χ1n) is 5.59. The molecule has 1 heterocycles. The van der Waals surface area contributed by atoms with Gasteiger partial charge in [-0.3, -0.25) is 0 Å². The molecule has 0 spiro atoms. The molecule has 1 N–H and O–H groups in total. The summed E-state index contributed by atoms with van der Waals surface area (Å²) in [7, 11) is 0. The molecule has 1 aromatic rings. The van der Waals surface area contributed by atoms with Gasteiger partial charge >= 0.3 is 6.18 Å². The maximum absolute atomic E-state index is 12.9. The molecule has 0 saturated carbocycles. The number of anilines is 1. The Hall–Kier alpha value is -0.750. The molecule has 0 bridgehead atoms. The van der Waals surface area contributed by atoms with Crippen LogP contribution in [0.15, 0.2) is 22.7 Å². The van der Waals surface area contributed by atoms with Gasteiger partial charge in [0, 0.05) is 23.2 Å². The standard InChI is InChI=1S/C12H13BrF3NO/c1-2-11(18)6-17(7-11)10-4-3-8(13)5-9(10)12(14,15)16/h3-5,18H,2,6-7H2,1H3. The molecule has 0 radical (unpaired) electrons. The van der Waals surface area contributed by atoms with E-state index in [0.29, 0.717) is 10.9 Å². The average molecular weight is 324 g/mol. The van der Waals surface area contributed by atoms with E-state index in [0.717, 1.165) is 6.07 Å². The first-order valence-corrected chi connectivity index (χ1v) is 6.38. The molecule has 100 valence electrons. The lowest BCUT2D eigenvalue weighted by molar-refractivity contribution is -0.137. The molecule has 1 saturated heterocycles. The van der Waals surface area contributed by atoms with Crippen LogP contribution in [-0.4, -0.2) is 23.8 Å². The van der Waals surface area contributed by atoms with Gasteiger partial charge in [0.05, 0.1) is 11.2 Å². The van der Waals surface area contributed by atoms with E-state index < -0.39 is 17.3 Å². The second-order valence-corrected chi connectivity index (χ2v) is 5.51. The van der Waals surface area contributed by atoms with Gasteiger partial charge in [-0.1, -0.05) is 22.9 Å². The molecule has 2 rings (SSSR count). The molecule has 0 amide bonds. The van der Waals surface area contributed by atoms with Crippen molar-refractivity contribution in [3.8, 4) is 0 Å². The zero-order valence-corrected chi connectivity index (χ0v) is 11.3. The summed E-state index contributed by atoms with van der Waals surface area (Å²) in [6.45, 7) is 2.31. The summed E-state index contributed by atoms with van der Waals surface area (Å²) in [6, 6.07) is 4.08. The van der Waals surface area contributed by atoms with Gasteiger partial charge in [0.2, 0.25) is 0 Å². The summed E-state index contributed by atoms with van der Waals surface area (Å²) in [5.41, 5.74) is -1.39. The summed E-state index contributed by atoms with van der Waals surface area (Å²) in [6.07, 6.45) is -3.85. The van der Waals surface area contributed by atoms with Crippen molar-refractivity contribution in [2.45, 2.75) is 25.1 Å². The zero-order chi connectivity index (χ0) is 13.6. The molecule has 1 fully saturated rings. The maximum Gasteiger partial charge on any atom is 0.418 e. The molecule has 0 atom stereocenters. The van der Waals surface area contributed by atoms with Crippen molar-refractivity contribution in [1.29, 1.82) is 0 Å². The van der Waals surface area contributed by atoms with Crippen molar-refractivity contribution < 1.29 is 18.3 Å². The number of alkyl halides is 3. The van der Waals surface area contributed by atoms with Gasteiger partial charge in [0.1, 0.15) is 0 Å². The Morgan fingerprint density at radius 1 is 1.39 bits per heavy atom. The van der Waals surface area contributed by atoms with Crippen LogP contribution in [0.4, 0.5) is 18.9 Å². The monoisotopic (exact) mass is 323 g/mol. The molecule has 2 nitrogen and oxygen atoms in total. The third kappa shape index (κ3) is 2.49. The van der Waals surface area contributed by atoms with Crippen LogP contribution < -0.4 is 4.90 Å². The topological polar surface area (TPSA) is 23.5 Å². The van der Waals surface area contributed by atoms with Gasteiger partial charge in [-0.25, -0.2) is 0 Å². The van der Waals surface area contributed by atoms with Gasteiger partial charge in [-0.05, 0) is 24.6 Å². The zero-order valence-electron chi connectivity index (χ0n) is 9.76. The third-order valence-corrected chi connectivity index (χ3v) is 3.73. The summed E-state index contributed by atoms with van der Waals surface area (Å²) < 4.78 is 39.1. The molecular weight excluding hydrogens is 311 g/mol. The summed E-state index contributed by atoms with van der Waals surface area (Å²) in [5, 5.41) is 9.87. The minimum atomic E-state index is -4.39. The van der Waals surface area contributed by atoms with Crippen molar-refractivity contribution in [2.75, 3.05) is 18.0 Å². The van der Waals surface area contributed by atoms with Gasteiger partial charge in [0.15, 0.2) is 0 Å². The highest BCUT2D eigenvalue weighted by molar-refractivity contribution is 9.10. The van der Waals surface area contributed by atoms with Crippen LogP contribution in [0.3, 0.4) is 0 Å². The number of hydrogen-bond donors (Lipinski definition) is 1. The first-order chi connectivity index (χ1) is 8.25. The van der Waals surface area contributed by atoms with Crippen LogP contribution >= 0.6 is 15.9 Å². The van der Waals surface area contributed by atoms with E-state index in [1.165, 1.54) is 6.07 Å². The van der Waals surface area contributed by atoms with E-state index in [1.54, 1.807) is 11.0 Å². The van der Waals surface area contributed by atoms with Gasteiger partial charge in [-0.15, -0.1) is 0 Å². The second kappa shape index (κ2) is 4.42. The highest BCUT2D eigenvalue weighted by Crippen LogP contribution is 2.41.